The van der Waals surface area contributed by atoms with Crippen LogP contribution in [0.3, 0.4) is 0 Å². The minimum atomic E-state index is -0.415. The smallest absolute Gasteiger partial charge is 0.229 e. The number of rotatable bonds is 3. The van der Waals surface area contributed by atoms with Gasteiger partial charge in [0.05, 0.1) is 5.41 Å². The minimum Gasteiger partial charge on any atom is -0.341 e. The second-order valence-corrected chi connectivity index (χ2v) is 5.67. The van der Waals surface area contributed by atoms with Gasteiger partial charge >= 0.3 is 0 Å². The van der Waals surface area contributed by atoms with Gasteiger partial charge in [-0.05, 0) is 26.0 Å². The van der Waals surface area contributed by atoms with Crippen molar-refractivity contribution in [3.8, 4) is 0 Å². The first kappa shape index (κ1) is 15.1. The molecule has 0 radical (unpaired) electrons. The molecule has 1 heterocycles. The number of halogens is 1. The topological polar surface area (TPSA) is 46.3 Å². The number of hydrogen-bond donors (Lipinski definition) is 1. The van der Waals surface area contributed by atoms with E-state index in [4.69, 9.17) is 5.73 Å². The van der Waals surface area contributed by atoms with Crippen molar-refractivity contribution in [2.45, 2.75) is 26.3 Å². The molecule has 0 saturated carbocycles. The zero-order valence-electron chi connectivity index (χ0n) is 9.66. The van der Waals surface area contributed by atoms with Crippen LogP contribution in [0, 0.1) is 5.41 Å². The Morgan fingerprint density at radius 2 is 2.20 bits per heavy atom. The highest BCUT2D eigenvalue weighted by Crippen LogP contribution is 2.25. The van der Waals surface area contributed by atoms with E-state index in [1.165, 1.54) is 5.75 Å². The standard InChI is InChI=1S/C10H20N2OS.ClH/c1-10(2,7-11)9(13)12(3)8-4-5-14-6-8;/h8H,4-7,11H2,1-3H3;1H. The van der Waals surface area contributed by atoms with Gasteiger partial charge in [0.25, 0.3) is 0 Å². The van der Waals surface area contributed by atoms with Crippen LogP contribution in [0.1, 0.15) is 20.3 Å². The largest absolute Gasteiger partial charge is 0.341 e. The third-order valence-corrected chi connectivity index (χ3v) is 4.01. The maximum atomic E-state index is 12.0. The molecular weight excluding hydrogens is 232 g/mol. The van der Waals surface area contributed by atoms with Crippen molar-refractivity contribution in [2.24, 2.45) is 11.1 Å². The van der Waals surface area contributed by atoms with Gasteiger partial charge in [0.2, 0.25) is 5.91 Å². The summed E-state index contributed by atoms with van der Waals surface area (Å²) in [7, 11) is 1.90. The van der Waals surface area contributed by atoms with Gasteiger partial charge < -0.3 is 10.6 Å². The molecule has 90 valence electrons. The molecule has 3 nitrogen and oxygen atoms in total. The van der Waals surface area contributed by atoms with Crippen molar-refractivity contribution in [1.82, 2.24) is 4.90 Å². The first-order valence-corrected chi connectivity index (χ1v) is 6.19. The Balaban J connectivity index is 0.00000196. The van der Waals surface area contributed by atoms with Gasteiger partial charge in [-0.15, -0.1) is 12.4 Å². The molecule has 1 atom stereocenters. The molecule has 0 aromatic rings. The lowest BCUT2D eigenvalue weighted by atomic mass is 9.91. The predicted octanol–water partition coefficient (Wildman–Crippen LogP) is 1.36. The summed E-state index contributed by atoms with van der Waals surface area (Å²) in [6.07, 6.45) is 1.12. The average Bonchev–Trinajstić information content (AvgIpc) is 2.68. The lowest BCUT2D eigenvalue weighted by Crippen LogP contribution is -2.47. The Bertz CT molecular complexity index is 217. The van der Waals surface area contributed by atoms with Crippen LogP contribution in [0.15, 0.2) is 0 Å². The fourth-order valence-electron chi connectivity index (χ4n) is 1.56. The van der Waals surface area contributed by atoms with Crippen LogP contribution in [0.4, 0.5) is 0 Å². The second kappa shape index (κ2) is 5.97. The van der Waals surface area contributed by atoms with E-state index in [1.54, 1.807) is 0 Å². The quantitative estimate of drug-likeness (QED) is 0.825. The number of hydrogen-bond acceptors (Lipinski definition) is 3. The molecule has 0 aliphatic carbocycles. The van der Waals surface area contributed by atoms with Gasteiger partial charge in [-0.1, -0.05) is 0 Å². The summed E-state index contributed by atoms with van der Waals surface area (Å²) in [6.45, 7) is 4.23. The first-order chi connectivity index (χ1) is 6.49. The number of nitrogens with two attached hydrogens (primary N) is 1. The van der Waals surface area contributed by atoms with Crippen molar-refractivity contribution < 1.29 is 4.79 Å². The molecule has 0 aromatic carbocycles. The van der Waals surface area contributed by atoms with E-state index < -0.39 is 5.41 Å². The van der Waals surface area contributed by atoms with Gasteiger partial charge in [0.1, 0.15) is 0 Å². The highest BCUT2D eigenvalue weighted by molar-refractivity contribution is 7.99. The maximum absolute atomic E-state index is 12.0. The van der Waals surface area contributed by atoms with Crippen molar-refractivity contribution >= 4 is 30.1 Å². The molecule has 0 spiro atoms. The summed E-state index contributed by atoms with van der Waals surface area (Å²) in [6, 6.07) is 0.415. The molecule has 2 N–H and O–H groups in total. The Kier molecular flexibility index (Phi) is 5.99. The number of amides is 1. The molecule has 1 fully saturated rings. The Labute approximate surface area is 103 Å². The SMILES string of the molecule is CN(C(=O)C(C)(C)CN)C1CCSC1.Cl. The molecule has 1 unspecified atom stereocenters. The van der Waals surface area contributed by atoms with Crippen molar-refractivity contribution in [3.05, 3.63) is 0 Å². The first-order valence-electron chi connectivity index (χ1n) is 5.04. The lowest BCUT2D eigenvalue weighted by molar-refractivity contribution is -0.140. The van der Waals surface area contributed by atoms with Gasteiger partial charge in [-0.25, -0.2) is 0 Å². The Hall–Kier alpha value is 0.0700. The summed E-state index contributed by atoms with van der Waals surface area (Å²) in [5.74, 6) is 2.42. The third kappa shape index (κ3) is 3.54. The monoisotopic (exact) mass is 252 g/mol. The fraction of sp³-hybridized carbons (Fsp3) is 0.900. The van der Waals surface area contributed by atoms with Gasteiger partial charge in [0, 0.05) is 25.4 Å². The second-order valence-electron chi connectivity index (χ2n) is 4.52. The zero-order valence-corrected chi connectivity index (χ0v) is 11.3. The van der Waals surface area contributed by atoms with E-state index in [1.807, 2.05) is 37.6 Å². The van der Waals surface area contributed by atoms with Crippen LogP contribution in [0.25, 0.3) is 0 Å². The van der Waals surface area contributed by atoms with E-state index in [-0.39, 0.29) is 18.3 Å². The molecule has 1 aliphatic rings. The molecule has 1 amide bonds. The number of nitrogens with zero attached hydrogens (tertiary/aromatic N) is 1. The summed E-state index contributed by atoms with van der Waals surface area (Å²) >= 11 is 1.92. The fourth-order valence-corrected chi connectivity index (χ4v) is 2.83. The van der Waals surface area contributed by atoms with Crippen molar-refractivity contribution in [2.75, 3.05) is 25.1 Å². The van der Waals surface area contributed by atoms with Crippen LogP contribution < -0.4 is 5.73 Å². The van der Waals surface area contributed by atoms with E-state index in [2.05, 4.69) is 0 Å². The summed E-state index contributed by atoms with van der Waals surface area (Å²) in [5, 5.41) is 0. The van der Waals surface area contributed by atoms with Gasteiger partial charge in [-0.3, -0.25) is 4.79 Å². The normalized spacial score (nSPS) is 20.9. The molecule has 0 bridgehead atoms. The van der Waals surface area contributed by atoms with Crippen LogP contribution in [0.2, 0.25) is 0 Å². The predicted molar refractivity (Wildman–Crippen MR) is 68.6 cm³/mol. The van der Waals surface area contributed by atoms with Crippen LogP contribution >= 0.6 is 24.2 Å². The Morgan fingerprint density at radius 1 is 1.60 bits per heavy atom. The van der Waals surface area contributed by atoms with Gasteiger partial charge in [0.15, 0.2) is 0 Å². The van der Waals surface area contributed by atoms with E-state index in [9.17, 15) is 4.79 Å². The molecule has 0 aromatic heterocycles. The third-order valence-electron chi connectivity index (χ3n) is 2.86. The van der Waals surface area contributed by atoms with E-state index >= 15 is 0 Å². The van der Waals surface area contributed by atoms with Crippen LogP contribution in [-0.4, -0.2) is 41.9 Å². The molecule has 1 rings (SSSR count). The number of carbonyl (C=O) groups excluding carboxylic acids is 1. The molecule has 1 saturated heterocycles. The highest BCUT2D eigenvalue weighted by atomic mass is 35.5. The summed E-state index contributed by atoms with van der Waals surface area (Å²) in [4.78, 5) is 13.9. The summed E-state index contributed by atoms with van der Waals surface area (Å²) in [5.41, 5.74) is 5.18. The number of thioether (sulfide) groups is 1. The highest BCUT2D eigenvalue weighted by Gasteiger charge is 2.33. The molecule has 5 heteroatoms. The van der Waals surface area contributed by atoms with Crippen LogP contribution in [0.5, 0.6) is 0 Å². The van der Waals surface area contributed by atoms with Crippen molar-refractivity contribution in [3.63, 3.8) is 0 Å². The molecule has 15 heavy (non-hydrogen) atoms. The van der Waals surface area contributed by atoms with Gasteiger partial charge in [-0.2, -0.15) is 11.8 Å². The summed E-state index contributed by atoms with van der Waals surface area (Å²) < 4.78 is 0. The number of carbonyl (C=O) groups is 1. The zero-order chi connectivity index (χ0) is 10.8. The average molecular weight is 253 g/mol. The maximum Gasteiger partial charge on any atom is 0.229 e. The minimum absolute atomic E-state index is 0. The molecular formula is C10H21ClN2OS. The molecule has 1 aliphatic heterocycles. The van der Waals surface area contributed by atoms with E-state index in [0.717, 1.165) is 12.2 Å². The van der Waals surface area contributed by atoms with Crippen LogP contribution in [-0.2, 0) is 4.79 Å². The Morgan fingerprint density at radius 3 is 2.60 bits per heavy atom. The lowest BCUT2D eigenvalue weighted by Gasteiger charge is -2.31. The van der Waals surface area contributed by atoms with Crippen molar-refractivity contribution in [1.29, 1.82) is 0 Å². The van der Waals surface area contributed by atoms with E-state index in [0.29, 0.717) is 12.6 Å².